The van der Waals surface area contributed by atoms with Crippen LogP contribution in [-0.2, 0) is 14.6 Å². The summed E-state index contributed by atoms with van der Waals surface area (Å²) in [5, 5.41) is 0. The van der Waals surface area contributed by atoms with E-state index in [-0.39, 0.29) is 35.3 Å². The zero-order valence-corrected chi connectivity index (χ0v) is 16.3. The second kappa shape index (κ2) is 7.39. The second-order valence-corrected chi connectivity index (χ2v) is 10.2. The van der Waals surface area contributed by atoms with Crippen LogP contribution in [0.25, 0.3) is 0 Å². The van der Waals surface area contributed by atoms with Crippen LogP contribution < -0.4 is 9.80 Å². The van der Waals surface area contributed by atoms with Gasteiger partial charge in [0, 0.05) is 17.8 Å². The molecule has 4 rings (SSSR count). The van der Waals surface area contributed by atoms with E-state index in [9.17, 15) is 17.6 Å². The van der Waals surface area contributed by atoms with E-state index in [1.165, 1.54) is 17.0 Å². The number of piperazine rings is 1. The monoisotopic (exact) mass is 396 g/mol. The second-order valence-electron chi connectivity index (χ2n) is 7.98. The van der Waals surface area contributed by atoms with Gasteiger partial charge >= 0.3 is 0 Å². The summed E-state index contributed by atoms with van der Waals surface area (Å²) in [6, 6.07) is 6.65. The maximum atomic E-state index is 13.1. The summed E-state index contributed by atoms with van der Waals surface area (Å²) in [6.45, 7) is 3.80. The number of halogens is 1. The van der Waals surface area contributed by atoms with Crippen molar-refractivity contribution in [3.63, 3.8) is 0 Å². The van der Waals surface area contributed by atoms with Crippen LogP contribution in [0.2, 0.25) is 0 Å². The minimum absolute atomic E-state index is 0.102. The maximum Gasteiger partial charge on any atom is 0.278 e. The van der Waals surface area contributed by atoms with Gasteiger partial charge in [0.25, 0.3) is 5.91 Å². The summed E-state index contributed by atoms with van der Waals surface area (Å²) in [5.74, 6) is 0.202. The molecule has 1 aliphatic carbocycles. The summed E-state index contributed by atoms with van der Waals surface area (Å²) in [7, 11) is -2.99. The first-order valence-corrected chi connectivity index (χ1v) is 11.6. The summed E-state index contributed by atoms with van der Waals surface area (Å²) in [6.07, 6.45) is 2.57. The quantitative estimate of drug-likeness (QED) is 0.743. The van der Waals surface area contributed by atoms with E-state index in [1.54, 1.807) is 12.1 Å². The molecule has 1 N–H and O–H groups in total. The summed E-state index contributed by atoms with van der Waals surface area (Å²) < 4.78 is 36.7. The summed E-state index contributed by atoms with van der Waals surface area (Å²) >= 11 is 0. The van der Waals surface area contributed by atoms with Gasteiger partial charge in [-0.3, -0.25) is 4.79 Å². The molecule has 1 amide bonds. The van der Waals surface area contributed by atoms with Crippen molar-refractivity contribution < 1.29 is 22.5 Å². The van der Waals surface area contributed by atoms with Crippen molar-refractivity contribution in [1.29, 1.82) is 0 Å². The van der Waals surface area contributed by atoms with Crippen LogP contribution in [0, 0.1) is 5.82 Å². The van der Waals surface area contributed by atoms with E-state index in [4.69, 9.17) is 0 Å². The molecule has 1 atom stereocenters. The first-order valence-electron chi connectivity index (χ1n) is 9.77. The highest BCUT2D eigenvalue weighted by atomic mass is 32.2. The number of hydrogen-bond donors (Lipinski definition) is 1. The number of anilines is 1. The van der Waals surface area contributed by atoms with Gasteiger partial charge in [-0.15, -0.1) is 0 Å². The Hall–Kier alpha value is -1.67. The first kappa shape index (κ1) is 18.7. The average Bonchev–Trinajstić information content (AvgIpc) is 3.39. The van der Waals surface area contributed by atoms with Gasteiger partial charge in [0.1, 0.15) is 5.82 Å². The largest absolute Gasteiger partial charge is 0.360 e. The fourth-order valence-corrected chi connectivity index (χ4v) is 5.98. The molecular formula is C19H27FN3O3S+. The molecule has 0 radical (unpaired) electrons. The third-order valence-corrected chi connectivity index (χ3v) is 7.64. The van der Waals surface area contributed by atoms with Gasteiger partial charge < -0.3 is 14.7 Å². The zero-order chi connectivity index (χ0) is 19.0. The molecule has 2 heterocycles. The predicted octanol–water partition coefficient (Wildman–Crippen LogP) is -0.291. The SMILES string of the molecule is O=C(C[NH+]1CCN(c2ccc(F)cc2)CC1)N(C1CC1)[C@@H]1CCS(=O)(=O)C1. The van der Waals surface area contributed by atoms with Crippen molar-refractivity contribution >= 4 is 21.4 Å². The lowest BCUT2D eigenvalue weighted by molar-refractivity contribution is -0.892. The van der Waals surface area contributed by atoms with Crippen LogP contribution in [0.4, 0.5) is 10.1 Å². The van der Waals surface area contributed by atoms with Gasteiger partial charge in [-0.1, -0.05) is 0 Å². The van der Waals surface area contributed by atoms with Crippen molar-refractivity contribution in [1.82, 2.24) is 4.90 Å². The normalized spacial score (nSPS) is 25.5. The summed E-state index contributed by atoms with van der Waals surface area (Å²) in [5.41, 5.74) is 1.01. The van der Waals surface area contributed by atoms with Crippen molar-refractivity contribution in [2.75, 3.05) is 49.1 Å². The summed E-state index contributed by atoms with van der Waals surface area (Å²) in [4.78, 5) is 18.3. The van der Waals surface area contributed by atoms with Gasteiger partial charge in [0.2, 0.25) is 0 Å². The highest BCUT2D eigenvalue weighted by Gasteiger charge is 2.43. The number of quaternary nitrogens is 1. The highest BCUT2D eigenvalue weighted by Crippen LogP contribution is 2.32. The number of benzene rings is 1. The number of amides is 1. The van der Waals surface area contributed by atoms with Crippen LogP contribution in [0.1, 0.15) is 19.3 Å². The Bertz CT molecular complexity index is 787. The zero-order valence-electron chi connectivity index (χ0n) is 15.4. The predicted molar refractivity (Wildman–Crippen MR) is 101 cm³/mol. The van der Waals surface area contributed by atoms with E-state index >= 15 is 0 Å². The van der Waals surface area contributed by atoms with Gasteiger partial charge in [0.15, 0.2) is 16.4 Å². The van der Waals surface area contributed by atoms with Crippen molar-refractivity contribution in [3.05, 3.63) is 30.1 Å². The van der Waals surface area contributed by atoms with Crippen LogP contribution in [0.15, 0.2) is 24.3 Å². The molecule has 0 bridgehead atoms. The number of nitrogens with zero attached hydrogens (tertiary/aromatic N) is 2. The fraction of sp³-hybridized carbons (Fsp3) is 0.632. The lowest BCUT2D eigenvalue weighted by Crippen LogP contribution is -3.16. The minimum Gasteiger partial charge on any atom is -0.360 e. The molecule has 148 valence electrons. The van der Waals surface area contributed by atoms with Crippen LogP contribution in [-0.4, -0.2) is 75.5 Å². The minimum atomic E-state index is -2.99. The smallest absolute Gasteiger partial charge is 0.278 e. The Labute approximate surface area is 159 Å². The molecule has 8 heteroatoms. The van der Waals surface area contributed by atoms with Crippen molar-refractivity contribution in [2.45, 2.75) is 31.3 Å². The third kappa shape index (κ3) is 4.43. The van der Waals surface area contributed by atoms with Crippen LogP contribution in [0.3, 0.4) is 0 Å². The average molecular weight is 397 g/mol. The Morgan fingerprint density at radius 3 is 2.33 bits per heavy atom. The van der Waals surface area contributed by atoms with Gasteiger partial charge in [-0.25, -0.2) is 12.8 Å². The maximum absolute atomic E-state index is 13.1. The molecule has 0 aromatic heterocycles. The van der Waals surface area contributed by atoms with Crippen molar-refractivity contribution in [3.8, 4) is 0 Å². The number of carbonyl (C=O) groups excluding carboxylic acids is 1. The molecule has 3 aliphatic rings. The molecule has 27 heavy (non-hydrogen) atoms. The van der Waals surface area contributed by atoms with Crippen molar-refractivity contribution in [2.24, 2.45) is 0 Å². The third-order valence-electron chi connectivity index (χ3n) is 5.89. The molecule has 1 saturated carbocycles. The molecule has 3 fully saturated rings. The number of carbonyl (C=O) groups is 1. The highest BCUT2D eigenvalue weighted by molar-refractivity contribution is 7.91. The van der Waals surface area contributed by atoms with E-state index < -0.39 is 9.84 Å². The number of hydrogen-bond acceptors (Lipinski definition) is 4. The molecule has 0 unspecified atom stereocenters. The van der Waals surface area contributed by atoms with E-state index in [2.05, 4.69) is 4.90 Å². The topological polar surface area (TPSA) is 62.1 Å². The van der Waals surface area contributed by atoms with E-state index in [0.717, 1.165) is 44.7 Å². The fourth-order valence-electron chi connectivity index (χ4n) is 4.27. The van der Waals surface area contributed by atoms with Gasteiger partial charge in [-0.2, -0.15) is 0 Å². The number of rotatable bonds is 5. The standard InChI is InChI=1S/C19H26FN3O3S/c20-15-1-3-16(4-2-15)22-10-8-21(9-11-22)13-19(24)23(17-5-6-17)18-7-12-27(25,26)14-18/h1-4,17-18H,5-14H2/p+1/t18-/m1/s1. The van der Waals surface area contributed by atoms with Gasteiger partial charge in [-0.05, 0) is 43.5 Å². The first-order chi connectivity index (χ1) is 12.9. The Morgan fingerprint density at radius 1 is 1.11 bits per heavy atom. The number of sulfone groups is 1. The Morgan fingerprint density at radius 2 is 1.78 bits per heavy atom. The van der Waals surface area contributed by atoms with Gasteiger partial charge in [0.05, 0.1) is 37.7 Å². The molecule has 0 spiro atoms. The molecule has 1 aromatic rings. The lowest BCUT2D eigenvalue weighted by atomic mass is 10.2. The molecule has 6 nitrogen and oxygen atoms in total. The van der Waals surface area contributed by atoms with Crippen LogP contribution in [0.5, 0.6) is 0 Å². The van der Waals surface area contributed by atoms with E-state index in [0.29, 0.717) is 13.0 Å². The molecule has 1 aromatic carbocycles. The molecule has 2 saturated heterocycles. The Balaban J connectivity index is 1.32. The van der Waals surface area contributed by atoms with Crippen LogP contribution >= 0.6 is 0 Å². The van der Waals surface area contributed by atoms with E-state index in [1.807, 2.05) is 4.90 Å². The lowest BCUT2D eigenvalue weighted by Gasteiger charge is -2.35. The molecular weight excluding hydrogens is 369 g/mol. The Kier molecular flexibility index (Phi) is 5.11. The number of nitrogens with one attached hydrogen (secondary N) is 1. The molecule has 2 aliphatic heterocycles.